The molecule has 0 heterocycles. The molecule has 0 saturated carbocycles. The first-order chi connectivity index (χ1) is 1.73. The fourth-order valence-electron chi connectivity index (χ4n) is 0. The van der Waals surface area contributed by atoms with Gasteiger partial charge in [0, 0.05) is 21.1 Å². The Morgan fingerprint density at radius 3 is 1.80 bits per heavy atom. The van der Waals surface area contributed by atoms with E-state index in [9.17, 15) is 4.79 Å². The fourth-order valence-corrected chi connectivity index (χ4v) is 0. The predicted octanol–water partition coefficient (Wildman–Crippen LogP) is 0.407. The van der Waals surface area contributed by atoms with Gasteiger partial charge in [-0.15, -0.1) is 0 Å². The molecule has 0 bridgehead atoms. The predicted molar refractivity (Wildman–Crippen MR) is 16.0 cm³/mol. The zero-order valence-electron chi connectivity index (χ0n) is 3.02. The summed E-state index contributed by atoms with van der Waals surface area (Å²) in [4.78, 5) is 9.33. The topological polar surface area (TPSA) is 17.1 Å². The van der Waals surface area contributed by atoms with Gasteiger partial charge in [-0.1, -0.05) is 0 Å². The van der Waals surface area contributed by atoms with E-state index in [0.29, 0.717) is 0 Å². The van der Waals surface area contributed by atoms with Crippen molar-refractivity contribution < 1.29 is 25.9 Å². The normalized spacial score (nSPS) is 5.00. The number of carbonyl (C=O) groups is 1. The number of Topliss-reactive ketones (excluding diaryl/α,β-unsaturated/α-hetero) is 1. The van der Waals surface area contributed by atoms with E-state index >= 15 is 0 Å². The number of ketones is 1. The van der Waals surface area contributed by atoms with Crippen molar-refractivity contribution in [2.24, 2.45) is 0 Å². The third kappa shape index (κ3) is 403. The Labute approximate surface area is 46.0 Å². The van der Waals surface area contributed by atoms with E-state index in [1.807, 2.05) is 0 Å². The molecule has 0 atom stereocenters. The molecule has 0 aliphatic carbocycles. The van der Waals surface area contributed by atoms with Crippen LogP contribution in [0.2, 0.25) is 0 Å². The molecule has 2 heteroatoms. The number of carbonyl (C=O) groups excluding carboxylic acids is 1. The quantitative estimate of drug-likeness (QED) is 0.561. The van der Waals surface area contributed by atoms with Gasteiger partial charge in [0.1, 0.15) is 0 Å². The first-order valence-corrected chi connectivity index (χ1v) is 1.06. The van der Waals surface area contributed by atoms with E-state index in [0.717, 1.165) is 0 Å². The SMILES string of the molecule is [CH2-]C(C)=O.[W]. The summed E-state index contributed by atoms with van der Waals surface area (Å²) in [6, 6.07) is 0. The summed E-state index contributed by atoms with van der Waals surface area (Å²) in [5.41, 5.74) is 0. The van der Waals surface area contributed by atoms with Gasteiger partial charge in [0.2, 0.25) is 0 Å². The Balaban J connectivity index is 0. The molecule has 0 aromatic heterocycles. The van der Waals surface area contributed by atoms with Crippen molar-refractivity contribution >= 4 is 5.78 Å². The van der Waals surface area contributed by atoms with E-state index in [1.165, 1.54) is 6.92 Å². The summed E-state index contributed by atoms with van der Waals surface area (Å²) in [5.74, 6) is -0.0833. The summed E-state index contributed by atoms with van der Waals surface area (Å²) in [5, 5.41) is 0. The Morgan fingerprint density at radius 1 is 1.80 bits per heavy atom. The molecule has 0 radical (unpaired) electrons. The van der Waals surface area contributed by atoms with Crippen molar-refractivity contribution in [2.45, 2.75) is 6.92 Å². The van der Waals surface area contributed by atoms with Crippen molar-refractivity contribution in [3.63, 3.8) is 0 Å². The summed E-state index contributed by atoms with van der Waals surface area (Å²) in [6.45, 7) is 4.42. The van der Waals surface area contributed by atoms with Gasteiger partial charge < -0.3 is 11.7 Å². The van der Waals surface area contributed by atoms with E-state index in [2.05, 4.69) is 6.92 Å². The molecule has 0 aliphatic heterocycles. The van der Waals surface area contributed by atoms with Crippen LogP contribution >= 0.6 is 0 Å². The molecule has 0 amide bonds. The average Bonchev–Trinajstić information content (AvgIpc) is 0.811. The molecule has 0 aliphatic rings. The molecule has 1 nitrogen and oxygen atoms in total. The Bertz CT molecular complexity index is 29.9. The van der Waals surface area contributed by atoms with Gasteiger partial charge in [0.15, 0.2) is 0 Å². The van der Waals surface area contributed by atoms with Gasteiger partial charge in [-0.25, -0.2) is 0 Å². The summed E-state index contributed by atoms with van der Waals surface area (Å²) in [7, 11) is 0. The van der Waals surface area contributed by atoms with Crippen LogP contribution in [0, 0.1) is 6.92 Å². The van der Waals surface area contributed by atoms with Crippen LogP contribution in [0.15, 0.2) is 0 Å². The van der Waals surface area contributed by atoms with E-state index < -0.39 is 0 Å². The maximum absolute atomic E-state index is 9.33. The van der Waals surface area contributed by atoms with Crippen LogP contribution in [0.3, 0.4) is 0 Å². The molecule has 0 spiro atoms. The van der Waals surface area contributed by atoms with Crippen LogP contribution in [-0.4, -0.2) is 5.78 Å². The first kappa shape index (κ1) is 8.97. The van der Waals surface area contributed by atoms with Crippen LogP contribution in [-0.2, 0) is 25.9 Å². The van der Waals surface area contributed by atoms with Gasteiger partial charge in [0.25, 0.3) is 0 Å². The standard InChI is InChI=1S/C3H5O.W/c1-3(2)4;/h1H2,2H3;/q-1;. The monoisotopic (exact) mass is 241 g/mol. The average molecular weight is 241 g/mol. The van der Waals surface area contributed by atoms with Gasteiger partial charge >= 0.3 is 0 Å². The first-order valence-electron chi connectivity index (χ1n) is 1.06. The van der Waals surface area contributed by atoms with Crippen LogP contribution in [0.4, 0.5) is 0 Å². The van der Waals surface area contributed by atoms with Crippen LogP contribution in [0.5, 0.6) is 0 Å². The molecular weight excluding hydrogens is 236 g/mol. The van der Waals surface area contributed by atoms with E-state index in [1.54, 1.807) is 0 Å². The molecule has 0 saturated heterocycles. The smallest absolute Gasteiger partial charge is 0 e. The van der Waals surface area contributed by atoms with E-state index in [-0.39, 0.29) is 26.8 Å². The van der Waals surface area contributed by atoms with Crippen molar-refractivity contribution in [1.82, 2.24) is 0 Å². The van der Waals surface area contributed by atoms with Crippen molar-refractivity contribution in [3.8, 4) is 0 Å². The molecule has 0 aromatic carbocycles. The van der Waals surface area contributed by atoms with Crippen molar-refractivity contribution in [2.75, 3.05) is 0 Å². The molecule has 30 valence electrons. The minimum Gasteiger partial charge on any atom is -0.340 e. The van der Waals surface area contributed by atoms with Gasteiger partial charge in [0.05, 0.1) is 0 Å². The zero-order valence-corrected chi connectivity index (χ0v) is 5.96. The van der Waals surface area contributed by atoms with Crippen LogP contribution < -0.4 is 0 Å². The van der Waals surface area contributed by atoms with E-state index in [4.69, 9.17) is 0 Å². The van der Waals surface area contributed by atoms with Crippen molar-refractivity contribution in [1.29, 1.82) is 0 Å². The molecule has 0 rings (SSSR count). The Kier molecular flexibility index (Phi) is 7.58. The fraction of sp³-hybridized carbons (Fsp3) is 0.333. The summed E-state index contributed by atoms with van der Waals surface area (Å²) in [6.07, 6.45) is 0. The molecule has 0 aromatic rings. The number of rotatable bonds is 0. The maximum Gasteiger partial charge on any atom is 0 e. The third-order valence-corrected chi connectivity index (χ3v) is 0. The van der Waals surface area contributed by atoms with Crippen LogP contribution in [0.25, 0.3) is 0 Å². The van der Waals surface area contributed by atoms with Gasteiger partial charge in [-0.3, -0.25) is 0 Å². The number of hydrogen-bond acceptors (Lipinski definition) is 1. The molecule has 5 heavy (non-hydrogen) atoms. The molecular formula is C3H5OW-. The number of hydrogen-bond donors (Lipinski definition) is 0. The second kappa shape index (κ2) is 4.23. The zero-order chi connectivity index (χ0) is 3.58. The third-order valence-electron chi connectivity index (χ3n) is 0. The summed E-state index contributed by atoms with van der Waals surface area (Å²) < 4.78 is 0. The summed E-state index contributed by atoms with van der Waals surface area (Å²) >= 11 is 0. The van der Waals surface area contributed by atoms with Crippen LogP contribution in [0.1, 0.15) is 6.92 Å². The minimum atomic E-state index is -0.0833. The maximum atomic E-state index is 9.33. The second-order valence-electron chi connectivity index (χ2n) is 0.702. The van der Waals surface area contributed by atoms with Gasteiger partial charge in [-0.05, 0) is 12.7 Å². The second-order valence-corrected chi connectivity index (χ2v) is 0.702. The Morgan fingerprint density at radius 2 is 1.80 bits per heavy atom. The Hall–Kier alpha value is 0.228. The molecule has 0 unspecified atom stereocenters. The molecule has 0 N–H and O–H groups in total. The van der Waals surface area contributed by atoms with Gasteiger partial charge in [-0.2, -0.15) is 0 Å². The largest absolute Gasteiger partial charge is 0.340 e. The molecule has 0 fully saturated rings. The van der Waals surface area contributed by atoms with Crippen molar-refractivity contribution in [3.05, 3.63) is 6.92 Å². The minimum absolute atomic E-state index is 0.